The third-order valence-corrected chi connectivity index (χ3v) is 1.79. The predicted molar refractivity (Wildman–Crippen MR) is 43.0 cm³/mol. The maximum absolute atomic E-state index is 12.6. The molecular formula is C7H6BrFN. The van der Waals surface area contributed by atoms with Crippen LogP contribution in [0.1, 0.15) is 5.56 Å². The molecular weight excluding hydrogens is 197 g/mol. The highest BCUT2D eigenvalue weighted by atomic mass is 79.9. The molecule has 0 fully saturated rings. The van der Waals surface area contributed by atoms with E-state index in [2.05, 4.69) is 22.9 Å². The van der Waals surface area contributed by atoms with E-state index in [1.54, 1.807) is 0 Å². The molecule has 0 unspecified atom stereocenters. The third-order valence-electron chi connectivity index (χ3n) is 1.18. The Labute approximate surface area is 67.2 Å². The first-order valence-corrected chi connectivity index (χ1v) is 3.47. The normalized spacial score (nSPS) is 9.90. The molecule has 1 rings (SSSR count). The van der Waals surface area contributed by atoms with Gasteiger partial charge in [-0.05, 0) is 40.5 Å². The van der Waals surface area contributed by atoms with E-state index in [-0.39, 0.29) is 5.82 Å². The summed E-state index contributed by atoms with van der Waals surface area (Å²) in [6.45, 7) is 3.54. The molecule has 1 aromatic rings. The zero-order valence-electron chi connectivity index (χ0n) is 5.20. The fourth-order valence-electron chi connectivity index (χ4n) is 0.603. The van der Waals surface area contributed by atoms with Crippen molar-refractivity contribution in [3.63, 3.8) is 0 Å². The van der Waals surface area contributed by atoms with Gasteiger partial charge in [0.1, 0.15) is 5.82 Å². The molecule has 0 aromatic heterocycles. The van der Waals surface area contributed by atoms with E-state index < -0.39 is 0 Å². The summed E-state index contributed by atoms with van der Waals surface area (Å²) >= 11 is 3.00. The largest absolute Gasteiger partial charge is 0.398 e. The van der Waals surface area contributed by atoms with Crippen molar-refractivity contribution in [1.29, 1.82) is 0 Å². The van der Waals surface area contributed by atoms with Crippen molar-refractivity contribution in [2.45, 2.75) is 0 Å². The number of nitrogens with two attached hydrogens (primary N) is 1. The van der Waals surface area contributed by atoms with Gasteiger partial charge in [0.25, 0.3) is 0 Å². The van der Waals surface area contributed by atoms with Crippen LogP contribution in [0, 0.1) is 12.7 Å². The van der Waals surface area contributed by atoms with Gasteiger partial charge in [-0.2, -0.15) is 0 Å². The summed E-state index contributed by atoms with van der Waals surface area (Å²) in [4.78, 5) is 0. The molecule has 0 saturated heterocycles. The second kappa shape index (κ2) is 2.58. The molecule has 0 aliphatic carbocycles. The molecule has 1 nitrogen and oxygen atoms in total. The van der Waals surface area contributed by atoms with Gasteiger partial charge in [0, 0.05) is 5.69 Å². The summed E-state index contributed by atoms with van der Waals surface area (Å²) in [5.74, 6) is -0.334. The molecule has 1 radical (unpaired) electrons. The van der Waals surface area contributed by atoms with Crippen molar-refractivity contribution in [3.8, 4) is 0 Å². The number of benzene rings is 1. The van der Waals surface area contributed by atoms with Gasteiger partial charge in [0.2, 0.25) is 0 Å². The first kappa shape index (κ1) is 7.54. The van der Waals surface area contributed by atoms with Gasteiger partial charge in [-0.15, -0.1) is 0 Å². The molecule has 0 aliphatic heterocycles. The van der Waals surface area contributed by atoms with E-state index in [4.69, 9.17) is 5.73 Å². The van der Waals surface area contributed by atoms with Crippen molar-refractivity contribution in [3.05, 3.63) is 34.9 Å². The molecule has 2 N–H and O–H groups in total. The number of nitrogen functional groups attached to an aromatic ring is 1. The van der Waals surface area contributed by atoms with E-state index in [1.807, 2.05) is 0 Å². The molecule has 0 bridgehead atoms. The number of hydrogen-bond acceptors (Lipinski definition) is 1. The van der Waals surface area contributed by atoms with Crippen LogP contribution in [0.5, 0.6) is 0 Å². The van der Waals surface area contributed by atoms with Gasteiger partial charge in [-0.3, -0.25) is 0 Å². The van der Waals surface area contributed by atoms with E-state index in [0.29, 0.717) is 15.7 Å². The third kappa shape index (κ3) is 1.29. The zero-order chi connectivity index (χ0) is 7.72. The van der Waals surface area contributed by atoms with Crippen LogP contribution in [0.3, 0.4) is 0 Å². The van der Waals surface area contributed by atoms with Crippen LogP contribution < -0.4 is 5.73 Å². The highest BCUT2D eigenvalue weighted by molar-refractivity contribution is 9.10. The van der Waals surface area contributed by atoms with Crippen LogP contribution in [0.2, 0.25) is 0 Å². The van der Waals surface area contributed by atoms with Crippen LogP contribution >= 0.6 is 15.9 Å². The molecule has 0 spiro atoms. The fourth-order valence-corrected chi connectivity index (χ4v) is 0.964. The van der Waals surface area contributed by atoms with Gasteiger partial charge in [0.15, 0.2) is 0 Å². The monoisotopic (exact) mass is 202 g/mol. The number of anilines is 1. The lowest BCUT2D eigenvalue weighted by Gasteiger charge is -2.00. The minimum absolute atomic E-state index is 0.334. The fraction of sp³-hybridized carbons (Fsp3) is 0. The van der Waals surface area contributed by atoms with Gasteiger partial charge in [-0.25, -0.2) is 4.39 Å². The van der Waals surface area contributed by atoms with Crippen LogP contribution in [0.25, 0.3) is 0 Å². The number of rotatable bonds is 0. The molecule has 53 valence electrons. The van der Waals surface area contributed by atoms with Crippen LogP contribution in [0.15, 0.2) is 16.6 Å². The van der Waals surface area contributed by atoms with Crippen molar-refractivity contribution in [2.24, 2.45) is 0 Å². The Hall–Kier alpha value is -0.570. The summed E-state index contributed by atoms with van der Waals surface area (Å²) in [7, 11) is 0. The Morgan fingerprint density at radius 3 is 2.60 bits per heavy atom. The quantitative estimate of drug-likeness (QED) is 0.643. The van der Waals surface area contributed by atoms with E-state index >= 15 is 0 Å². The summed E-state index contributed by atoms with van der Waals surface area (Å²) in [6, 6.07) is 2.79. The SMILES string of the molecule is [CH2]c1cc(F)c(Br)cc1N. The van der Waals surface area contributed by atoms with Crippen molar-refractivity contribution >= 4 is 21.6 Å². The molecule has 0 atom stereocenters. The topological polar surface area (TPSA) is 26.0 Å². The summed E-state index contributed by atoms with van der Waals surface area (Å²) in [5, 5.41) is 0. The Morgan fingerprint density at radius 1 is 1.50 bits per heavy atom. The standard InChI is InChI=1S/C7H6BrFN/c1-4-2-6(9)5(8)3-7(4)10/h2-3H,1,10H2. The molecule has 3 heteroatoms. The highest BCUT2D eigenvalue weighted by Gasteiger charge is 2.00. The minimum Gasteiger partial charge on any atom is -0.398 e. The molecule has 0 saturated carbocycles. The first-order chi connectivity index (χ1) is 4.61. The molecule has 10 heavy (non-hydrogen) atoms. The molecule has 0 heterocycles. The first-order valence-electron chi connectivity index (χ1n) is 2.67. The number of halogens is 2. The lowest BCUT2D eigenvalue weighted by Crippen LogP contribution is -1.90. The lowest BCUT2D eigenvalue weighted by atomic mass is 10.2. The second-order valence-corrected chi connectivity index (χ2v) is 2.82. The molecule has 1 aromatic carbocycles. The predicted octanol–water partition coefficient (Wildman–Crippen LogP) is 2.35. The molecule has 0 amide bonds. The molecule has 0 aliphatic rings. The van der Waals surface area contributed by atoms with Crippen LogP contribution in [0.4, 0.5) is 10.1 Å². The van der Waals surface area contributed by atoms with Crippen molar-refractivity contribution in [2.75, 3.05) is 5.73 Å². The van der Waals surface area contributed by atoms with Gasteiger partial charge >= 0.3 is 0 Å². The average molecular weight is 203 g/mol. The van der Waals surface area contributed by atoms with Crippen LogP contribution in [-0.4, -0.2) is 0 Å². The summed E-state index contributed by atoms with van der Waals surface area (Å²) < 4.78 is 13.0. The Morgan fingerprint density at radius 2 is 2.10 bits per heavy atom. The average Bonchev–Trinajstić information content (AvgIpc) is 1.84. The Bertz CT molecular complexity index is 210. The van der Waals surface area contributed by atoms with Gasteiger partial charge < -0.3 is 5.73 Å². The smallest absolute Gasteiger partial charge is 0.137 e. The zero-order valence-corrected chi connectivity index (χ0v) is 6.78. The minimum atomic E-state index is -0.334. The Kier molecular flexibility index (Phi) is 1.94. The maximum atomic E-state index is 12.6. The Balaban J connectivity index is 3.28. The van der Waals surface area contributed by atoms with Crippen molar-refractivity contribution < 1.29 is 4.39 Å². The summed E-state index contributed by atoms with van der Waals surface area (Å²) in [6.07, 6.45) is 0. The van der Waals surface area contributed by atoms with Gasteiger partial charge in [-0.1, -0.05) is 0 Å². The lowest BCUT2D eigenvalue weighted by molar-refractivity contribution is 0.621. The van der Waals surface area contributed by atoms with E-state index in [0.717, 1.165) is 0 Å². The van der Waals surface area contributed by atoms with Crippen molar-refractivity contribution in [1.82, 2.24) is 0 Å². The summed E-state index contributed by atoms with van der Waals surface area (Å²) in [5.41, 5.74) is 6.44. The van der Waals surface area contributed by atoms with Crippen LogP contribution in [-0.2, 0) is 0 Å². The number of hydrogen-bond donors (Lipinski definition) is 1. The second-order valence-electron chi connectivity index (χ2n) is 1.97. The maximum Gasteiger partial charge on any atom is 0.137 e. The van der Waals surface area contributed by atoms with E-state index in [1.165, 1.54) is 12.1 Å². The van der Waals surface area contributed by atoms with Gasteiger partial charge in [0.05, 0.1) is 4.47 Å². The van der Waals surface area contributed by atoms with E-state index in [9.17, 15) is 4.39 Å². The highest BCUT2D eigenvalue weighted by Crippen LogP contribution is 2.21.